The van der Waals surface area contributed by atoms with Gasteiger partial charge < -0.3 is 19.9 Å². The molecule has 1 amide bonds. The van der Waals surface area contributed by atoms with Crippen molar-refractivity contribution in [3.05, 3.63) is 48.5 Å². The van der Waals surface area contributed by atoms with Crippen LogP contribution in [0.1, 0.15) is 20.3 Å². The maximum absolute atomic E-state index is 11.9. The van der Waals surface area contributed by atoms with Gasteiger partial charge in [-0.15, -0.1) is 0 Å². The van der Waals surface area contributed by atoms with Crippen LogP contribution in [0.5, 0.6) is 5.75 Å². The molecule has 1 fully saturated rings. The zero-order valence-electron chi connectivity index (χ0n) is 16.4. The Hall–Kier alpha value is -2.69. The van der Waals surface area contributed by atoms with Crippen LogP contribution in [-0.2, 0) is 4.79 Å². The number of benzene rings is 2. The van der Waals surface area contributed by atoms with Crippen LogP contribution in [-0.4, -0.2) is 39.2 Å². The van der Waals surface area contributed by atoms with Crippen molar-refractivity contribution in [3.8, 4) is 5.75 Å². The third-order valence-electron chi connectivity index (χ3n) is 4.82. The van der Waals surface area contributed by atoms with Crippen molar-refractivity contribution < 1.29 is 9.53 Å². The van der Waals surface area contributed by atoms with Crippen LogP contribution in [0, 0.1) is 5.92 Å². The van der Waals surface area contributed by atoms with E-state index in [0.29, 0.717) is 12.3 Å². The molecule has 27 heavy (non-hydrogen) atoms. The average molecular weight is 367 g/mol. The molecule has 1 aliphatic heterocycles. The number of rotatable bonds is 6. The van der Waals surface area contributed by atoms with E-state index in [0.717, 1.165) is 43.3 Å². The van der Waals surface area contributed by atoms with Crippen LogP contribution in [0.4, 0.5) is 17.1 Å². The molecule has 0 atom stereocenters. The Morgan fingerprint density at radius 2 is 1.63 bits per heavy atom. The Morgan fingerprint density at radius 3 is 2.26 bits per heavy atom. The molecule has 1 N–H and O–H groups in total. The fourth-order valence-corrected chi connectivity index (χ4v) is 3.43. The van der Waals surface area contributed by atoms with Crippen LogP contribution in [0.3, 0.4) is 0 Å². The van der Waals surface area contributed by atoms with E-state index in [1.165, 1.54) is 5.69 Å². The summed E-state index contributed by atoms with van der Waals surface area (Å²) in [5, 5.41) is 2.97. The van der Waals surface area contributed by atoms with Crippen molar-refractivity contribution in [1.29, 1.82) is 0 Å². The molecular weight excluding hydrogens is 338 g/mol. The predicted octanol–water partition coefficient (Wildman–Crippen LogP) is 4.01. The Bertz CT molecular complexity index is 750. The van der Waals surface area contributed by atoms with E-state index in [1.54, 1.807) is 7.11 Å². The molecule has 0 aromatic heterocycles. The third-order valence-corrected chi connectivity index (χ3v) is 4.82. The van der Waals surface area contributed by atoms with Crippen LogP contribution < -0.4 is 19.9 Å². The van der Waals surface area contributed by atoms with Crippen LogP contribution in [0.2, 0.25) is 0 Å². The maximum atomic E-state index is 11.9. The summed E-state index contributed by atoms with van der Waals surface area (Å²) < 4.78 is 5.49. The second kappa shape index (κ2) is 8.80. The molecule has 2 aromatic carbocycles. The van der Waals surface area contributed by atoms with E-state index >= 15 is 0 Å². The number of ether oxygens (including phenoxy) is 1. The zero-order valence-corrected chi connectivity index (χ0v) is 16.4. The van der Waals surface area contributed by atoms with Gasteiger partial charge in [0.2, 0.25) is 5.91 Å². The molecule has 0 radical (unpaired) electrons. The summed E-state index contributed by atoms with van der Waals surface area (Å²) in [6.07, 6.45) is 0.548. The SMILES string of the molecule is COc1ccccc1N1CCN(c2ccc(NC(=O)CC(C)C)cc2)CC1. The standard InChI is InChI=1S/C22H29N3O2/c1-17(2)16-22(26)23-18-8-10-19(11-9-18)24-12-14-25(15-13-24)20-6-4-5-7-21(20)27-3/h4-11,17H,12-16H2,1-3H3,(H,23,26). The largest absolute Gasteiger partial charge is 0.495 e. The van der Waals surface area contributed by atoms with E-state index in [1.807, 2.05) is 38.1 Å². The number of anilines is 3. The molecule has 1 saturated heterocycles. The fraction of sp³-hybridized carbons (Fsp3) is 0.409. The van der Waals surface area contributed by atoms with Gasteiger partial charge in [-0.1, -0.05) is 26.0 Å². The Kier molecular flexibility index (Phi) is 6.22. The molecule has 1 heterocycles. The predicted molar refractivity (Wildman–Crippen MR) is 112 cm³/mol. The van der Waals surface area contributed by atoms with E-state index in [-0.39, 0.29) is 5.91 Å². The zero-order chi connectivity index (χ0) is 19.2. The number of hydrogen-bond donors (Lipinski definition) is 1. The normalized spacial score (nSPS) is 14.4. The minimum Gasteiger partial charge on any atom is -0.495 e. The van der Waals surface area contributed by atoms with Crippen LogP contribution in [0.25, 0.3) is 0 Å². The Balaban J connectivity index is 1.57. The van der Waals surface area contributed by atoms with Crippen molar-refractivity contribution >= 4 is 23.0 Å². The molecule has 144 valence electrons. The molecule has 3 rings (SSSR count). The first-order valence-electron chi connectivity index (χ1n) is 9.59. The van der Waals surface area contributed by atoms with Gasteiger partial charge >= 0.3 is 0 Å². The number of nitrogens with one attached hydrogen (secondary N) is 1. The summed E-state index contributed by atoms with van der Waals surface area (Å²) in [5.74, 6) is 1.36. The summed E-state index contributed by atoms with van der Waals surface area (Å²) in [5.41, 5.74) is 3.21. The second-order valence-electron chi connectivity index (χ2n) is 7.34. The van der Waals surface area contributed by atoms with Gasteiger partial charge in [0.25, 0.3) is 0 Å². The summed E-state index contributed by atoms with van der Waals surface area (Å²) in [7, 11) is 1.72. The molecule has 0 spiro atoms. The lowest BCUT2D eigenvalue weighted by Gasteiger charge is -2.37. The highest BCUT2D eigenvalue weighted by Crippen LogP contribution is 2.29. The highest BCUT2D eigenvalue weighted by atomic mass is 16.5. The van der Waals surface area contributed by atoms with Crippen LogP contribution >= 0.6 is 0 Å². The number of piperazine rings is 1. The number of carbonyl (C=O) groups excluding carboxylic acids is 1. The average Bonchev–Trinajstić information content (AvgIpc) is 2.68. The molecule has 1 aliphatic rings. The fourth-order valence-electron chi connectivity index (χ4n) is 3.43. The monoisotopic (exact) mass is 367 g/mol. The molecule has 0 unspecified atom stereocenters. The number of hydrogen-bond acceptors (Lipinski definition) is 4. The quantitative estimate of drug-likeness (QED) is 0.838. The molecule has 2 aromatic rings. The number of methoxy groups -OCH3 is 1. The van der Waals surface area contributed by atoms with Gasteiger partial charge in [0, 0.05) is 44.0 Å². The number of nitrogens with zero attached hydrogens (tertiary/aromatic N) is 2. The topological polar surface area (TPSA) is 44.8 Å². The van der Waals surface area contributed by atoms with Crippen molar-refractivity contribution in [1.82, 2.24) is 0 Å². The molecular formula is C22H29N3O2. The minimum absolute atomic E-state index is 0.0724. The first kappa shape index (κ1) is 19.1. The van der Waals surface area contributed by atoms with E-state index in [2.05, 4.69) is 39.4 Å². The van der Waals surface area contributed by atoms with E-state index in [4.69, 9.17) is 4.74 Å². The first-order valence-corrected chi connectivity index (χ1v) is 9.59. The van der Waals surface area contributed by atoms with Gasteiger partial charge in [-0.05, 0) is 42.3 Å². The summed E-state index contributed by atoms with van der Waals surface area (Å²) in [6.45, 7) is 7.91. The molecule has 0 saturated carbocycles. The van der Waals surface area contributed by atoms with E-state index in [9.17, 15) is 4.79 Å². The van der Waals surface area contributed by atoms with Gasteiger partial charge in [0.15, 0.2) is 0 Å². The smallest absolute Gasteiger partial charge is 0.224 e. The van der Waals surface area contributed by atoms with Gasteiger partial charge in [-0.25, -0.2) is 0 Å². The Morgan fingerprint density at radius 1 is 1.00 bits per heavy atom. The first-order chi connectivity index (χ1) is 13.1. The van der Waals surface area contributed by atoms with Crippen LogP contribution in [0.15, 0.2) is 48.5 Å². The Labute approximate surface area is 161 Å². The number of carbonyl (C=O) groups is 1. The highest BCUT2D eigenvalue weighted by molar-refractivity contribution is 5.91. The van der Waals surface area contributed by atoms with Crippen molar-refractivity contribution in [2.45, 2.75) is 20.3 Å². The lowest BCUT2D eigenvalue weighted by Crippen LogP contribution is -2.46. The molecule has 5 heteroatoms. The molecule has 0 bridgehead atoms. The third kappa shape index (κ3) is 4.94. The highest BCUT2D eigenvalue weighted by Gasteiger charge is 2.19. The number of para-hydroxylation sites is 2. The van der Waals surface area contributed by atoms with Gasteiger partial charge in [-0.3, -0.25) is 4.79 Å². The van der Waals surface area contributed by atoms with Gasteiger partial charge in [0.05, 0.1) is 12.8 Å². The molecule has 5 nitrogen and oxygen atoms in total. The lowest BCUT2D eigenvalue weighted by molar-refractivity contribution is -0.116. The van der Waals surface area contributed by atoms with Gasteiger partial charge in [-0.2, -0.15) is 0 Å². The summed E-state index contributed by atoms with van der Waals surface area (Å²) in [6, 6.07) is 16.3. The van der Waals surface area contributed by atoms with Crippen molar-refractivity contribution in [2.75, 3.05) is 48.4 Å². The summed E-state index contributed by atoms with van der Waals surface area (Å²) >= 11 is 0. The van der Waals surface area contributed by atoms with Crippen molar-refractivity contribution in [2.24, 2.45) is 5.92 Å². The van der Waals surface area contributed by atoms with E-state index < -0.39 is 0 Å². The lowest BCUT2D eigenvalue weighted by atomic mass is 10.1. The van der Waals surface area contributed by atoms with Crippen molar-refractivity contribution in [3.63, 3.8) is 0 Å². The number of amides is 1. The molecule has 0 aliphatic carbocycles. The minimum atomic E-state index is 0.0724. The second-order valence-corrected chi connectivity index (χ2v) is 7.34. The maximum Gasteiger partial charge on any atom is 0.224 e. The summed E-state index contributed by atoms with van der Waals surface area (Å²) in [4.78, 5) is 16.6. The van der Waals surface area contributed by atoms with Gasteiger partial charge in [0.1, 0.15) is 5.75 Å².